The van der Waals surface area contributed by atoms with Crippen LogP contribution in [0.2, 0.25) is 0 Å². The predicted octanol–water partition coefficient (Wildman–Crippen LogP) is 0.996. The van der Waals surface area contributed by atoms with Crippen molar-refractivity contribution in [3.63, 3.8) is 0 Å². The summed E-state index contributed by atoms with van der Waals surface area (Å²) in [7, 11) is 0. The Morgan fingerprint density at radius 1 is 1.46 bits per heavy atom. The van der Waals surface area contributed by atoms with Crippen LogP contribution in [-0.4, -0.2) is 11.3 Å². The van der Waals surface area contributed by atoms with Gasteiger partial charge in [0.25, 0.3) is 6.43 Å². The predicted molar refractivity (Wildman–Crippen MR) is 43.4 cm³/mol. The van der Waals surface area contributed by atoms with Crippen molar-refractivity contribution in [1.29, 1.82) is 0 Å². The Hall–Kier alpha value is -1.72. The third kappa shape index (κ3) is 1.71. The molecule has 6 heteroatoms. The molecule has 1 rings (SSSR count). The van der Waals surface area contributed by atoms with Crippen molar-refractivity contribution in [2.75, 3.05) is 11.5 Å². The van der Waals surface area contributed by atoms with E-state index < -0.39 is 12.0 Å². The number of carbonyl (C=O) groups is 1. The summed E-state index contributed by atoms with van der Waals surface area (Å²) in [6, 6.07) is 0.955. The van der Waals surface area contributed by atoms with Crippen molar-refractivity contribution in [3.05, 3.63) is 17.3 Å². The van der Waals surface area contributed by atoms with Crippen LogP contribution in [0.1, 0.15) is 22.5 Å². The van der Waals surface area contributed by atoms with Crippen LogP contribution in [0.15, 0.2) is 6.07 Å². The summed E-state index contributed by atoms with van der Waals surface area (Å²) in [6.07, 6.45) is -2.38. The van der Waals surface area contributed by atoms with Gasteiger partial charge in [0.2, 0.25) is 0 Å². The van der Waals surface area contributed by atoms with Gasteiger partial charge in [0.1, 0.15) is 11.5 Å². The second-order valence-electron chi connectivity index (χ2n) is 2.36. The highest BCUT2D eigenvalue weighted by molar-refractivity contribution is 5.81. The summed E-state index contributed by atoms with van der Waals surface area (Å²) >= 11 is 0. The van der Waals surface area contributed by atoms with E-state index in [1.165, 1.54) is 0 Å². The van der Waals surface area contributed by atoms with Gasteiger partial charge in [0.15, 0.2) is 6.29 Å². The van der Waals surface area contributed by atoms with Crippen LogP contribution in [0.25, 0.3) is 0 Å². The first kappa shape index (κ1) is 9.37. The van der Waals surface area contributed by atoms with Crippen molar-refractivity contribution < 1.29 is 13.6 Å². The topological polar surface area (TPSA) is 82.0 Å². The first-order valence-corrected chi connectivity index (χ1v) is 3.35. The van der Waals surface area contributed by atoms with Crippen molar-refractivity contribution in [3.8, 4) is 0 Å². The Balaban J connectivity index is 3.28. The maximum atomic E-state index is 12.2. The van der Waals surface area contributed by atoms with Gasteiger partial charge in [-0.15, -0.1) is 0 Å². The molecular weight excluding hydrogens is 180 g/mol. The van der Waals surface area contributed by atoms with Crippen LogP contribution < -0.4 is 11.5 Å². The Labute approximate surface area is 72.6 Å². The number of alkyl halides is 2. The number of nitrogens with two attached hydrogens (primary N) is 2. The molecule has 0 fully saturated rings. The standard InChI is InChI=1S/C7H7F2N3O/c8-6(9)3-1-4(10)5(2-13)12-7(3)11/h1-2,6H,10H2,(H2,11,12). The van der Waals surface area contributed by atoms with Crippen LogP contribution in [-0.2, 0) is 0 Å². The maximum Gasteiger partial charge on any atom is 0.267 e. The monoisotopic (exact) mass is 187 g/mol. The van der Waals surface area contributed by atoms with E-state index in [2.05, 4.69) is 4.98 Å². The molecule has 0 bridgehead atoms. The number of hydrogen-bond acceptors (Lipinski definition) is 4. The molecule has 13 heavy (non-hydrogen) atoms. The minimum atomic E-state index is -2.74. The molecule has 4 N–H and O–H groups in total. The largest absolute Gasteiger partial charge is 0.397 e. The van der Waals surface area contributed by atoms with E-state index in [0.717, 1.165) is 6.07 Å². The molecule has 0 aliphatic carbocycles. The number of halogens is 2. The van der Waals surface area contributed by atoms with Crippen molar-refractivity contribution in [2.45, 2.75) is 6.43 Å². The molecule has 1 aromatic heterocycles. The van der Waals surface area contributed by atoms with Crippen LogP contribution >= 0.6 is 0 Å². The first-order chi connectivity index (χ1) is 6.06. The molecule has 0 radical (unpaired) electrons. The minimum Gasteiger partial charge on any atom is -0.397 e. The Bertz CT molecular complexity index is 341. The highest BCUT2D eigenvalue weighted by Crippen LogP contribution is 2.26. The summed E-state index contributed by atoms with van der Waals surface area (Å²) in [6.45, 7) is 0. The Kier molecular flexibility index (Phi) is 2.41. The fraction of sp³-hybridized carbons (Fsp3) is 0.143. The molecule has 1 heterocycles. The van der Waals surface area contributed by atoms with E-state index >= 15 is 0 Å². The lowest BCUT2D eigenvalue weighted by molar-refractivity contribution is 0.111. The fourth-order valence-corrected chi connectivity index (χ4v) is 0.843. The zero-order valence-corrected chi connectivity index (χ0v) is 6.50. The maximum absolute atomic E-state index is 12.2. The second-order valence-corrected chi connectivity index (χ2v) is 2.36. The number of anilines is 2. The van der Waals surface area contributed by atoms with Gasteiger partial charge in [-0.1, -0.05) is 0 Å². The highest BCUT2D eigenvalue weighted by atomic mass is 19.3. The number of rotatable bonds is 2. The Morgan fingerprint density at radius 3 is 2.54 bits per heavy atom. The van der Waals surface area contributed by atoms with Gasteiger partial charge in [-0.3, -0.25) is 4.79 Å². The van der Waals surface area contributed by atoms with E-state index in [1.54, 1.807) is 0 Å². The quantitative estimate of drug-likeness (QED) is 0.676. The van der Waals surface area contributed by atoms with Crippen molar-refractivity contribution in [2.24, 2.45) is 0 Å². The van der Waals surface area contributed by atoms with E-state index in [0.29, 0.717) is 6.29 Å². The van der Waals surface area contributed by atoms with Gasteiger partial charge in [-0.05, 0) is 6.07 Å². The van der Waals surface area contributed by atoms with Gasteiger partial charge in [-0.2, -0.15) is 0 Å². The zero-order valence-electron chi connectivity index (χ0n) is 6.50. The summed E-state index contributed by atoms with van der Waals surface area (Å²) in [5, 5.41) is 0. The second kappa shape index (κ2) is 3.34. The highest BCUT2D eigenvalue weighted by Gasteiger charge is 2.14. The SMILES string of the molecule is Nc1cc(C(F)F)c(N)nc1C=O. The lowest BCUT2D eigenvalue weighted by Crippen LogP contribution is -2.05. The van der Waals surface area contributed by atoms with Gasteiger partial charge < -0.3 is 11.5 Å². The smallest absolute Gasteiger partial charge is 0.267 e. The third-order valence-electron chi connectivity index (χ3n) is 1.49. The van der Waals surface area contributed by atoms with Crippen LogP contribution in [0, 0.1) is 0 Å². The average molecular weight is 187 g/mol. The van der Waals surface area contributed by atoms with Gasteiger partial charge in [-0.25, -0.2) is 13.8 Å². The minimum absolute atomic E-state index is 0.0977. The number of hydrogen-bond donors (Lipinski definition) is 2. The van der Waals surface area contributed by atoms with E-state index in [9.17, 15) is 13.6 Å². The number of carbonyl (C=O) groups excluding carboxylic acids is 1. The van der Waals surface area contributed by atoms with Gasteiger partial charge in [0, 0.05) is 0 Å². The molecule has 0 saturated carbocycles. The number of aldehydes is 1. The molecule has 70 valence electrons. The van der Waals surface area contributed by atoms with Gasteiger partial charge in [0.05, 0.1) is 11.3 Å². The number of nitrogen functional groups attached to an aromatic ring is 2. The molecule has 4 nitrogen and oxygen atoms in total. The molecule has 0 spiro atoms. The zero-order chi connectivity index (χ0) is 10.0. The van der Waals surface area contributed by atoms with E-state index in [1.807, 2.05) is 0 Å². The van der Waals surface area contributed by atoms with E-state index in [4.69, 9.17) is 11.5 Å². The third-order valence-corrected chi connectivity index (χ3v) is 1.49. The Morgan fingerprint density at radius 2 is 2.08 bits per heavy atom. The summed E-state index contributed by atoms with van der Waals surface area (Å²) in [5.41, 5.74) is 9.74. The van der Waals surface area contributed by atoms with E-state index in [-0.39, 0.29) is 17.2 Å². The molecule has 0 saturated heterocycles. The normalized spacial score (nSPS) is 10.4. The number of pyridine rings is 1. The van der Waals surface area contributed by atoms with Crippen LogP contribution in [0.5, 0.6) is 0 Å². The van der Waals surface area contributed by atoms with Crippen LogP contribution in [0.3, 0.4) is 0 Å². The summed E-state index contributed by atoms with van der Waals surface area (Å²) in [4.78, 5) is 13.7. The van der Waals surface area contributed by atoms with Crippen molar-refractivity contribution in [1.82, 2.24) is 4.98 Å². The molecule has 0 atom stereocenters. The summed E-state index contributed by atoms with van der Waals surface area (Å²) < 4.78 is 24.4. The molecule has 0 unspecified atom stereocenters. The molecule has 0 aliphatic rings. The molecule has 0 amide bonds. The van der Waals surface area contributed by atoms with Crippen molar-refractivity contribution >= 4 is 17.8 Å². The number of aromatic nitrogens is 1. The average Bonchev–Trinajstić information content (AvgIpc) is 2.07. The summed E-state index contributed by atoms with van der Waals surface area (Å²) in [5.74, 6) is -0.369. The lowest BCUT2D eigenvalue weighted by Gasteiger charge is -2.05. The molecule has 1 aromatic rings. The first-order valence-electron chi connectivity index (χ1n) is 3.35. The molecule has 0 aliphatic heterocycles. The molecule has 0 aromatic carbocycles. The van der Waals surface area contributed by atoms with Crippen LogP contribution in [0.4, 0.5) is 20.3 Å². The lowest BCUT2D eigenvalue weighted by atomic mass is 10.2. The van der Waals surface area contributed by atoms with Gasteiger partial charge >= 0.3 is 0 Å². The number of nitrogens with zero attached hydrogens (tertiary/aromatic N) is 1. The fourth-order valence-electron chi connectivity index (χ4n) is 0.843. The molecular formula is C7H7F2N3O.